The first-order chi connectivity index (χ1) is 9.99. The second kappa shape index (κ2) is 6.58. The minimum Gasteiger partial charge on any atom is -0.496 e. The number of hydrogen-bond acceptors (Lipinski definition) is 5. The van der Waals surface area contributed by atoms with Crippen LogP contribution in [0.2, 0.25) is 0 Å². The van der Waals surface area contributed by atoms with E-state index in [9.17, 15) is 10.1 Å². The Morgan fingerprint density at radius 2 is 2.14 bits per heavy atom. The minimum atomic E-state index is -0.396. The Hall–Kier alpha value is -2.08. The van der Waals surface area contributed by atoms with Crippen LogP contribution < -0.4 is 10.1 Å². The second-order valence-electron chi connectivity index (χ2n) is 4.90. The topological polar surface area (TPSA) is 64.4 Å². The highest BCUT2D eigenvalue weighted by atomic mass is 32.1. The van der Waals surface area contributed by atoms with Crippen molar-refractivity contribution in [3.05, 3.63) is 50.2 Å². The molecule has 0 saturated carbocycles. The number of hydrogen-bond donors (Lipinski definition) is 1. The second-order valence-corrected chi connectivity index (χ2v) is 6.27. The van der Waals surface area contributed by atoms with Crippen molar-refractivity contribution in [3.8, 4) is 5.75 Å². The lowest BCUT2D eigenvalue weighted by Gasteiger charge is -2.15. The number of nitro benzene ring substituents is 1. The zero-order valence-electron chi connectivity index (χ0n) is 12.3. The summed E-state index contributed by atoms with van der Waals surface area (Å²) in [5.41, 5.74) is 0.546. The van der Waals surface area contributed by atoms with Gasteiger partial charge in [0.25, 0.3) is 5.69 Å². The van der Waals surface area contributed by atoms with Crippen molar-refractivity contribution in [2.45, 2.75) is 26.3 Å². The molecule has 0 bridgehead atoms. The molecule has 2 rings (SSSR count). The highest BCUT2D eigenvalue weighted by Crippen LogP contribution is 2.30. The van der Waals surface area contributed by atoms with E-state index in [0.29, 0.717) is 11.4 Å². The third kappa shape index (κ3) is 3.95. The molecule has 21 heavy (non-hydrogen) atoms. The molecule has 5 nitrogen and oxygen atoms in total. The van der Waals surface area contributed by atoms with Crippen LogP contribution in [0, 0.1) is 17.0 Å². The zero-order chi connectivity index (χ0) is 15.4. The van der Waals surface area contributed by atoms with Crippen molar-refractivity contribution >= 4 is 22.7 Å². The highest BCUT2D eigenvalue weighted by Gasteiger charge is 2.17. The van der Waals surface area contributed by atoms with Gasteiger partial charge in [0.2, 0.25) is 0 Å². The molecule has 6 heteroatoms. The first-order valence-corrected chi connectivity index (χ1v) is 7.45. The Morgan fingerprint density at radius 3 is 2.71 bits per heavy atom. The summed E-state index contributed by atoms with van der Waals surface area (Å²) in [5, 5.41) is 14.4. The smallest absolute Gasteiger partial charge is 0.296 e. The maximum Gasteiger partial charge on any atom is 0.296 e. The minimum absolute atomic E-state index is 0.0311. The van der Waals surface area contributed by atoms with Crippen LogP contribution in [0.15, 0.2) is 30.3 Å². The molecule has 1 N–H and O–H groups in total. The molecule has 0 amide bonds. The van der Waals surface area contributed by atoms with Crippen LogP contribution in [0.1, 0.15) is 16.7 Å². The van der Waals surface area contributed by atoms with Gasteiger partial charge in [0, 0.05) is 22.2 Å². The molecule has 1 atom stereocenters. The van der Waals surface area contributed by atoms with Gasteiger partial charge in [0.1, 0.15) is 11.4 Å². The molecule has 1 heterocycles. The Kier molecular flexibility index (Phi) is 4.80. The van der Waals surface area contributed by atoms with Gasteiger partial charge in [-0.1, -0.05) is 0 Å². The van der Waals surface area contributed by atoms with Gasteiger partial charge in [-0.3, -0.25) is 10.1 Å². The van der Waals surface area contributed by atoms with Crippen LogP contribution in [0.25, 0.3) is 0 Å². The summed E-state index contributed by atoms with van der Waals surface area (Å²) in [5.74, 6) is 0.480. The van der Waals surface area contributed by atoms with E-state index in [-0.39, 0.29) is 11.7 Å². The Morgan fingerprint density at radius 1 is 1.38 bits per heavy atom. The Balaban J connectivity index is 2.12. The highest BCUT2D eigenvalue weighted by molar-refractivity contribution is 7.11. The van der Waals surface area contributed by atoms with E-state index in [2.05, 4.69) is 24.4 Å². The standard InChI is InChI=1S/C15H18N2O3S/c1-10(8-13-6-4-11(2)21-13)16-14-7-5-12(20-3)9-15(14)17(18)19/h4-7,9-10,16H,8H2,1-3H3. The summed E-state index contributed by atoms with van der Waals surface area (Å²) >= 11 is 1.75. The van der Waals surface area contributed by atoms with E-state index in [4.69, 9.17) is 4.74 Å². The quantitative estimate of drug-likeness (QED) is 0.647. The third-order valence-corrected chi connectivity index (χ3v) is 4.13. The van der Waals surface area contributed by atoms with Crippen molar-refractivity contribution in [3.63, 3.8) is 0 Å². The summed E-state index contributed by atoms with van der Waals surface area (Å²) in [7, 11) is 1.49. The number of ether oxygens (including phenoxy) is 1. The van der Waals surface area contributed by atoms with Gasteiger partial charge >= 0.3 is 0 Å². The third-order valence-electron chi connectivity index (χ3n) is 3.11. The number of methoxy groups -OCH3 is 1. The lowest BCUT2D eigenvalue weighted by atomic mass is 10.1. The van der Waals surface area contributed by atoms with Crippen molar-refractivity contribution in [2.24, 2.45) is 0 Å². The molecular formula is C15H18N2O3S. The fourth-order valence-corrected chi connectivity index (χ4v) is 3.14. The van der Waals surface area contributed by atoms with Crippen LogP contribution in [0.3, 0.4) is 0 Å². The van der Waals surface area contributed by atoms with Crippen LogP contribution in [-0.4, -0.2) is 18.1 Å². The number of nitrogens with one attached hydrogen (secondary N) is 1. The Labute approximate surface area is 127 Å². The number of anilines is 1. The molecule has 0 fully saturated rings. The molecule has 0 saturated heterocycles. The molecule has 0 spiro atoms. The molecule has 0 aliphatic heterocycles. The molecular weight excluding hydrogens is 288 g/mol. The Bertz CT molecular complexity index is 640. The van der Waals surface area contributed by atoms with Crippen molar-refractivity contribution in [2.75, 3.05) is 12.4 Å². The molecule has 0 aliphatic rings. The van der Waals surface area contributed by atoms with E-state index >= 15 is 0 Å². The van der Waals surface area contributed by atoms with Gasteiger partial charge in [-0.2, -0.15) is 0 Å². The van der Waals surface area contributed by atoms with E-state index in [1.807, 2.05) is 6.92 Å². The number of nitrogens with zero attached hydrogens (tertiary/aromatic N) is 1. The van der Waals surface area contributed by atoms with Gasteiger partial charge in [0.15, 0.2) is 0 Å². The fourth-order valence-electron chi connectivity index (χ4n) is 2.12. The molecule has 1 aromatic carbocycles. The van der Waals surface area contributed by atoms with Gasteiger partial charge in [-0.25, -0.2) is 0 Å². The van der Waals surface area contributed by atoms with Crippen LogP contribution in [0.4, 0.5) is 11.4 Å². The first-order valence-electron chi connectivity index (χ1n) is 6.64. The van der Waals surface area contributed by atoms with Gasteiger partial charge in [0.05, 0.1) is 18.1 Å². The van der Waals surface area contributed by atoms with E-state index in [0.717, 1.165) is 6.42 Å². The number of rotatable bonds is 6. The molecule has 1 unspecified atom stereocenters. The van der Waals surface area contributed by atoms with E-state index < -0.39 is 4.92 Å². The van der Waals surface area contributed by atoms with Gasteiger partial charge < -0.3 is 10.1 Å². The van der Waals surface area contributed by atoms with Gasteiger partial charge in [-0.05, 0) is 38.1 Å². The van der Waals surface area contributed by atoms with E-state index in [1.165, 1.54) is 22.9 Å². The maximum atomic E-state index is 11.1. The summed E-state index contributed by atoms with van der Waals surface area (Å²) in [6.07, 6.45) is 0.835. The predicted molar refractivity (Wildman–Crippen MR) is 85.5 cm³/mol. The van der Waals surface area contributed by atoms with Crippen LogP contribution in [-0.2, 0) is 6.42 Å². The number of benzene rings is 1. The predicted octanol–water partition coefficient (Wildman–Crippen LogP) is 4.02. The lowest BCUT2D eigenvalue weighted by Crippen LogP contribution is -2.18. The average Bonchev–Trinajstić information content (AvgIpc) is 2.84. The normalized spacial score (nSPS) is 12.0. The molecule has 0 aliphatic carbocycles. The van der Waals surface area contributed by atoms with Crippen molar-refractivity contribution < 1.29 is 9.66 Å². The van der Waals surface area contributed by atoms with Crippen LogP contribution in [0.5, 0.6) is 5.75 Å². The van der Waals surface area contributed by atoms with Crippen molar-refractivity contribution in [1.82, 2.24) is 0 Å². The fraction of sp³-hybridized carbons (Fsp3) is 0.333. The summed E-state index contributed by atoms with van der Waals surface area (Å²) in [6, 6.07) is 9.13. The monoisotopic (exact) mass is 306 g/mol. The van der Waals surface area contributed by atoms with Crippen LogP contribution >= 0.6 is 11.3 Å². The zero-order valence-corrected chi connectivity index (χ0v) is 13.1. The summed E-state index contributed by atoms with van der Waals surface area (Å²) in [4.78, 5) is 13.3. The number of aryl methyl sites for hydroxylation is 1. The average molecular weight is 306 g/mol. The van der Waals surface area contributed by atoms with Gasteiger partial charge in [-0.15, -0.1) is 11.3 Å². The molecule has 112 valence electrons. The van der Waals surface area contributed by atoms with E-state index in [1.54, 1.807) is 23.5 Å². The van der Waals surface area contributed by atoms with Crippen molar-refractivity contribution in [1.29, 1.82) is 0 Å². The summed E-state index contributed by atoms with van der Waals surface area (Å²) < 4.78 is 5.03. The SMILES string of the molecule is COc1ccc(NC(C)Cc2ccc(C)s2)c([N+](=O)[O-])c1. The number of nitro groups is 1. The lowest BCUT2D eigenvalue weighted by molar-refractivity contribution is -0.384. The first kappa shape index (κ1) is 15.3. The maximum absolute atomic E-state index is 11.1. The molecule has 2 aromatic rings. The largest absolute Gasteiger partial charge is 0.496 e. The molecule has 1 aromatic heterocycles. The number of thiophene rings is 1. The summed E-state index contributed by atoms with van der Waals surface area (Å²) in [6.45, 7) is 4.09. The molecule has 0 radical (unpaired) electrons.